The Balaban J connectivity index is 1.85. The summed E-state index contributed by atoms with van der Waals surface area (Å²) in [6, 6.07) is 7.50. The van der Waals surface area contributed by atoms with Crippen molar-refractivity contribution in [2.75, 3.05) is 18.5 Å². The van der Waals surface area contributed by atoms with Crippen LogP contribution >= 0.6 is 0 Å². The molecule has 0 unspecified atom stereocenters. The molecule has 8 heteroatoms. The first-order valence-electron chi connectivity index (χ1n) is 8.36. The summed E-state index contributed by atoms with van der Waals surface area (Å²) in [5, 5.41) is 14.7. The number of benzene rings is 1. The van der Waals surface area contributed by atoms with Gasteiger partial charge in [-0.2, -0.15) is 0 Å². The van der Waals surface area contributed by atoms with Crippen molar-refractivity contribution in [2.24, 2.45) is 11.8 Å². The second-order valence-corrected chi connectivity index (χ2v) is 8.35. The molecule has 2 rings (SSSR count). The van der Waals surface area contributed by atoms with Gasteiger partial charge < -0.3 is 0 Å². The topological polar surface area (TPSA) is 88.1 Å². The summed E-state index contributed by atoms with van der Waals surface area (Å²) < 4.78 is 5.54. The Labute approximate surface area is 154 Å². The zero-order valence-corrected chi connectivity index (χ0v) is 16.6. The van der Waals surface area contributed by atoms with Crippen molar-refractivity contribution in [1.82, 2.24) is 5.32 Å². The molecule has 0 bridgehead atoms. The molecule has 136 valence electrons. The van der Waals surface area contributed by atoms with Crippen molar-refractivity contribution >= 4 is 37.7 Å². The fraction of sp³-hybridized carbons (Fsp3) is 0.529. The van der Waals surface area contributed by atoms with Gasteiger partial charge in [-0.15, -0.1) is 0 Å². The van der Waals surface area contributed by atoms with Crippen LogP contribution in [-0.2, 0) is 18.5 Å². The van der Waals surface area contributed by atoms with E-state index in [0.29, 0.717) is 12.5 Å². The Morgan fingerprint density at radius 2 is 1.88 bits per heavy atom. The van der Waals surface area contributed by atoms with Crippen molar-refractivity contribution in [3.63, 3.8) is 0 Å². The third-order valence-corrected chi connectivity index (χ3v) is 6.14. The van der Waals surface area contributed by atoms with Gasteiger partial charge in [-0.05, 0) is 0 Å². The van der Waals surface area contributed by atoms with Crippen LogP contribution in [0.2, 0.25) is 0 Å². The summed E-state index contributed by atoms with van der Waals surface area (Å²) in [5.41, 5.74) is 0.839. The number of hydrogen-bond donors (Lipinski definition) is 2. The number of hydrogen-bond acceptors (Lipinski definition) is 5. The molecule has 2 amide bonds. The van der Waals surface area contributed by atoms with Crippen molar-refractivity contribution in [3.8, 4) is 0 Å². The Kier molecular flexibility index (Phi) is 7.89. The van der Waals surface area contributed by atoms with E-state index in [1.807, 2.05) is 24.3 Å². The number of carbonyl (C=O) groups excluding carboxylic acids is 2. The first-order valence-corrected chi connectivity index (χ1v) is 10.3. The molecule has 0 aromatic heterocycles. The third-order valence-electron chi connectivity index (χ3n) is 4.62. The molecule has 1 aromatic rings. The van der Waals surface area contributed by atoms with Gasteiger partial charge in [-0.1, -0.05) is 0 Å². The van der Waals surface area contributed by atoms with Crippen molar-refractivity contribution in [2.45, 2.75) is 32.6 Å². The molecular formula is C17H24GeN2O5. The molecule has 1 aliphatic rings. The van der Waals surface area contributed by atoms with E-state index in [2.05, 4.69) is 14.3 Å². The zero-order valence-electron chi connectivity index (χ0n) is 14.5. The van der Waals surface area contributed by atoms with Crippen LogP contribution in [0.25, 0.3) is 0 Å². The maximum absolute atomic E-state index is 12.7. The first kappa shape index (κ1) is 19.9. The van der Waals surface area contributed by atoms with Crippen molar-refractivity contribution in [3.05, 3.63) is 24.3 Å². The maximum atomic E-state index is 12.7. The molecule has 0 heterocycles. The van der Waals surface area contributed by atoms with Gasteiger partial charge in [0.05, 0.1) is 0 Å². The molecule has 2 radical (unpaired) electrons. The number of anilines is 1. The van der Waals surface area contributed by atoms with Gasteiger partial charge in [0.25, 0.3) is 0 Å². The van der Waals surface area contributed by atoms with Crippen LogP contribution in [-0.4, -0.2) is 46.4 Å². The summed E-state index contributed by atoms with van der Waals surface area (Å²) in [7, 11) is 1.80. The van der Waals surface area contributed by atoms with Crippen LogP contribution in [0, 0.1) is 11.8 Å². The molecule has 0 atom stereocenters. The molecule has 1 aliphatic carbocycles. The van der Waals surface area contributed by atoms with E-state index in [1.54, 1.807) is 11.9 Å². The van der Waals surface area contributed by atoms with E-state index in [9.17, 15) is 9.59 Å². The minimum atomic E-state index is -0.989. The summed E-state index contributed by atoms with van der Waals surface area (Å²) in [5.74, 6) is 0.644. The van der Waals surface area contributed by atoms with E-state index in [0.717, 1.165) is 35.8 Å². The van der Waals surface area contributed by atoms with Gasteiger partial charge in [0.1, 0.15) is 0 Å². The Hall–Kier alpha value is -1.42. The average Bonchev–Trinajstić information content (AvgIpc) is 2.64. The van der Waals surface area contributed by atoms with E-state index in [-0.39, 0.29) is 17.7 Å². The summed E-state index contributed by atoms with van der Waals surface area (Å²) in [6.45, 7) is 2.23. The van der Waals surface area contributed by atoms with Crippen LogP contribution in [0.3, 0.4) is 0 Å². The van der Waals surface area contributed by atoms with E-state index >= 15 is 0 Å². The first-order chi connectivity index (χ1) is 12.0. The summed E-state index contributed by atoms with van der Waals surface area (Å²) in [6.07, 6.45) is 3.65. The monoisotopic (exact) mass is 410 g/mol. The van der Waals surface area contributed by atoms with E-state index < -0.39 is 15.8 Å². The van der Waals surface area contributed by atoms with Crippen LogP contribution in [0.4, 0.5) is 5.69 Å². The van der Waals surface area contributed by atoms with Gasteiger partial charge in [0.2, 0.25) is 5.91 Å². The molecule has 1 fully saturated rings. The van der Waals surface area contributed by atoms with Gasteiger partial charge >= 0.3 is 136 Å². The van der Waals surface area contributed by atoms with Crippen LogP contribution in [0.15, 0.2) is 24.3 Å². The standard InChI is InChI=1S/C17H24GeN2O5/c1-12(21)19-11-13-3-5-14(6-4-13)17(22)20(2)16-9-7-15(8-10-16)18-24-25-23/h7-10,13-14,23H,3-6,11H2,1-2H3,(H,19,21). The Morgan fingerprint density at radius 3 is 2.44 bits per heavy atom. The summed E-state index contributed by atoms with van der Waals surface area (Å²) in [4.78, 5) is 25.4. The predicted octanol–water partition coefficient (Wildman–Crippen LogP) is 1.26. The quantitative estimate of drug-likeness (QED) is 0.403. The molecular weight excluding hydrogens is 385 g/mol. The third kappa shape index (κ3) is 6.11. The molecule has 1 saturated carbocycles. The second-order valence-electron chi connectivity index (χ2n) is 6.36. The Bertz CT molecular complexity index is 573. The average molecular weight is 409 g/mol. The van der Waals surface area contributed by atoms with E-state index in [4.69, 9.17) is 5.26 Å². The van der Waals surface area contributed by atoms with Gasteiger partial charge in [-0.25, -0.2) is 0 Å². The number of nitrogens with zero attached hydrogens (tertiary/aromatic N) is 1. The molecule has 7 nitrogen and oxygen atoms in total. The number of nitrogens with one attached hydrogen (secondary N) is 1. The number of rotatable bonds is 7. The van der Waals surface area contributed by atoms with Gasteiger partial charge in [0.15, 0.2) is 0 Å². The normalized spacial score (nSPS) is 20.1. The van der Waals surface area contributed by atoms with Crippen LogP contribution in [0.5, 0.6) is 0 Å². The molecule has 25 heavy (non-hydrogen) atoms. The van der Waals surface area contributed by atoms with Gasteiger partial charge in [0, 0.05) is 6.92 Å². The van der Waals surface area contributed by atoms with Crippen LogP contribution in [0.1, 0.15) is 32.6 Å². The fourth-order valence-electron chi connectivity index (χ4n) is 3.12. The molecule has 0 spiro atoms. The SMILES string of the molecule is CC(=O)NCC1CCC(C(=O)N(C)c2cc[c]([Ge][O]OO)cc2)CC1. The fourth-order valence-corrected chi connectivity index (χ4v) is 4.04. The minimum absolute atomic E-state index is 0.0000799. The van der Waals surface area contributed by atoms with Crippen molar-refractivity contribution in [1.29, 1.82) is 0 Å². The number of carbonyl (C=O) groups is 2. The van der Waals surface area contributed by atoms with Crippen molar-refractivity contribution < 1.29 is 23.8 Å². The predicted molar refractivity (Wildman–Crippen MR) is 94.2 cm³/mol. The second kappa shape index (κ2) is 9.91. The number of amides is 2. The van der Waals surface area contributed by atoms with Crippen LogP contribution < -0.4 is 14.6 Å². The molecule has 0 saturated heterocycles. The Morgan fingerprint density at radius 1 is 1.24 bits per heavy atom. The van der Waals surface area contributed by atoms with E-state index in [1.165, 1.54) is 6.92 Å². The molecule has 0 aliphatic heterocycles. The molecule has 2 N–H and O–H groups in total. The van der Waals surface area contributed by atoms with Gasteiger partial charge in [-0.3, -0.25) is 4.79 Å². The molecule has 1 aromatic carbocycles. The summed E-state index contributed by atoms with van der Waals surface area (Å²) >= 11 is -0.989. The zero-order chi connectivity index (χ0) is 18.2.